The molecule has 7 nitrogen and oxygen atoms in total. The SMILES string of the molecule is Cc1cc2cc(C(=O)N3CCC(O)(Cn4ccnn4)C3)oc2cc1C. The molecule has 1 aliphatic rings. The van der Waals surface area contributed by atoms with Gasteiger partial charge < -0.3 is 14.4 Å². The third-order valence-corrected chi connectivity index (χ3v) is 4.89. The van der Waals surface area contributed by atoms with Crippen LogP contribution in [0.15, 0.2) is 35.0 Å². The predicted octanol–water partition coefficient (Wildman–Crippen LogP) is 1.92. The lowest BCUT2D eigenvalue weighted by Gasteiger charge is -2.22. The van der Waals surface area contributed by atoms with E-state index in [4.69, 9.17) is 4.42 Å². The van der Waals surface area contributed by atoms with Crippen LogP contribution < -0.4 is 0 Å². The highest BCUT2D eigenvalue weighted by Gasteiger charge is 2.39. The molecule has 2 aromatic heterocycles. The molecule has 1 amide bonds. The molecule has 1 aliphatic heterocycles. The molecule has 1 saturated heterocycles. The van der Waals surface area contributed by atoms with Crippen LogP contribution >= 0.6 is 0 Å². The highest BCUT2D eigenvalue weighted by molar-refractivity contribution is 5.96. The van der Waals surface area contributed by atoms with Gasteiger partial charge in [0.1, 0.15) is 11.2 Å². The van der Waals surface area contributed by atoms with E-state index in [1.54, 1.807) is 28.0 Å². The Bertz CT molecular complexity index is 892. The van der Waals surface area contributed by atoms with Gasteiger partial charge in [0.05, 0.1) is 19.3 Å². The van der Waals surface area contributed by atoms with Crippen molar-refractivity contribution < 1.29 is 14.3 Å². The van der Waals surface area contributed by atoms with E-state index in [0.29, 0.717) is 30.9 Å². The van der Waals surface area contributed by atoms with Gasteiger partial charge in [-0.3, -0.25) is 4.79 Å². The van der Waals surface area contributed by atoms with Gasteiger partial charge in [0, 0.05) is 18.1 Å². The van der Waals surface area contributed by atoms with Crippen LogP contribution in [0.25, 0.3) is 11.0 Å². The third kappa shape index (κ3) is 2.91. The van der Waals surface area contributed by atoms with E-state index >= 15 is 0 Å². The van der Waals surface area contributed by atoms with Crippen molar-refractivity contribution in [3.63, 3.8) is 0 Å². The summed E-state index contributed by atoms with van der Waals surface area (Å²) in [5.74, 6) is 0.117. The molecule has 0 saturated carbocycles. The Kier molecular flexibility index (Phi) is 3.61. The number of rotatable bonds is 3. The summed E-state index contributed by atoms with van der Waals surface area (Å²) in [6, 6.07) is 5.75. The summed E-state index contributed by atoms with van der Waals surface area (Å²) in [5.41, 5.74) is 2.01. The number of nitrogens with zero attached hydrogens (tertiary/aromatic N) is 4. The van der Waals surface area contributed by atoms with Crippen LogP contribution in [0.5, 0.6) is 0 Å². The number of likely N-dealkylation sites (tertiary alicyclic amines) is 1. The number of benzene rings is 1. The van der Waals surface area contributed by atoms with Crippen molar-refractivity contribution in [2.75, 3.05) is 13.1 Å². The molecule has 3 heterocycles. The highest BCUT2D eigenvalue weighted by atomic mass is 16.3. The van der Waals surface area contributed by atoms with Crippen LogP contribution in [-0.2, 0) is 6.54 Å². The number of aromatic nitrogens is 3. The number of fused-ring (bicyclic) bond motifs is 1. The van der Waals surface area contributed by atoms with Crippen LogP contribution in [0.2, 0.25) is 0 Å². The summed E-state index contributed by atoms with van der Waals surface area (Å²) in [4.78, 5) is 14.4. The Morgan fingerprint density at radius 1 is 1.32 bits per heavy atom. The van der Waals surface area contributed by atoms with Crippen molar-refractivity contribution >= 4 is 16.9 Å². The molecule has 3 aromatic rings. The second-order valence-electron chi connectivity index (χ2n) is 6.89. The van der Waals surface area contributed by atoms with Crippen molar-refractivity contribution in [3.8, 4) is 0 Å². The van der Waals surface area contributed by atoms with Gasteiger partial charge in [-0.05, 0) is 49.6 Å². The standard InChI is InChI=1S/C18H20N4O3/c1-12-7-14-9-16(25-15(14)8-13(12)2)17(23)21-5-3-18(24,10-21)11-22-6-4-19-20-22/h4,6-9,24H,3,5,10-11H2,1-2H3. The van der Waals surface area contributed by atoms with E-state index < -0.39 is 5.60 Å². The summed E-state index contributed by atoms with van der Waals surface area (Å²) in [5, 5.41) is 19.3. The lowest BCUT2D eigenvalue weighted by atomic mass is 10.0. The van der Waals surface area contributed by atoms with Crippen molar-refractivity contribution in [2.24, 2.45) is 0 Å². The number of β-amino-alcohol motifs (C(OH)–C–C–N with tert-alkyl or cyclic N) is 1. The number of furan rings is 1. The Labute approximate surface area is 144 Å². The average Bonchev–Trinajstić information content (AvgIpc) is 3.28. The fourth-order valence-electron chi connectivity index (χ4n) is 3.34. The lowest BCUT2D eigenvalue weighted by Crippen LogP contribution is -2.39. The summed E-state index contributed by atoms with van der Waals surface area (Å²) in [7, 11) is 0. The summed E-state index contributed by atoms with van der Waals surface area (Å²) >= 11 is 0. The zero-order valence-corrected chi connectivity index (χ0v) is 14.3. The number of carbonyl (C=O) groups is 1. The molecule has 7 heteroatoms. The zero-order chi connectivity index (χ0) is 17.6. The molecule has 1 aromatic carbocycles. The van der Waals surface area contributed by atoms with Crippen LogP contribution in [-0.4, -0.2) is 49.6 Å². The van der Waals surface area contributed by atoms with Gasteiger partial charge in [0.2, 0.25) is 0 Å². The number of carbonyl (C=O) groups excluding carboxylic acids is 1. The van der Waals surface area contributed by atoms with E-state index in [1.807, 2.05) is 26.0 Å². The summed E-state index contributed by atoms with van der Waals surface area (Å²) in [6.07, 6.45) is 3.77. The quantitative estimate of drug-likeness (QED) is 0.787. The van der Waals surface area contributed by atoms with E-state index in [1.165, 1.54) is 0 Å². The van der Waals surface area contributed by atoms with E-state index in [0.717, 1.165) is 16.5 Å². The van der Waals surface area contributed by atoms with Gasteiger partial charge in [-0.1, -0.05) is 5.21 Å². The van der Waals surface area contributed by atoms with Gasteiger partial charge >= 0.3 is 0 Å². The molecule has 1 N–H and O–H groups in total. The van der Waals surface area contributed by atoms with Gasteiger partial charge in [-0.15, -0.1) is 5.10 Å². The van der Waals surface area contributed by atoms with Gasteiger partial charge in [-0.2, -0.15) is 0 Å². The Hall–Kier alpha value is -2.67. The molecular formula is C18H20N4O3. The minimum Gasteiger partial charge on any atom is -0.451 e. The molecule has 1 unspecified atom stereocenters. The zero-order valence-electron chi connectivity index (χ0n) is 14.3. The maximum Gasteiger partial charge on any atom is 0.289 e. The van der Waals surface area contributed by atoms with E-state index in [9.17, 15) is 9.90 Å². The molecule has 4 rings (SSSR count). The van der Waals surface area contributed by atoms with Crippen molar-refractivity contribution in [1.29, 1.82) is 0 Å². The van der Waals surface area contributed by atoms with Crippen molar-refractivity contribution in [2.45, 2.75) is 32.4 Å². The van der Waals surface area contributed by atoms with E-state index in [-0.39, 0.29) is 12.5 Å². The first kappa shape index (κ1) is 15.8. The predicted molar refractivity (Wildman–Crippen MR) is 91.2 cm³/mol. The number of hydrogen-bond donors (Lipinski definition) is 1. The van der Waals surface area contributed by atoms with Crippen molar-refractivity contribution in [1.82, 2.24) is 19.9 Å². The fourth-order valence-corrected chi connectivity index (χ4v) is 3.34. The van der Waals surface area contributed by atoms with E-state index in [2.05, 4.69) is 10.3 Å². The van der Waals surface area contributed by atoms with Gasteiger partial charge in [-0.25, -0.2) is 4.68 Å². The molecule has 1 fully saturated rings. The van der Waals surface area contributed by atoms with Crippen molar-refractivity contribution in [3.05, 3.63) is 47.5 Å². The molecule has 0 bridgehead atoms. The number of hydrogen-bond acceptors (Lipinski definition) is 5. The third-order valence-electron chi connectivity index (χ3n) is 4.89. The topological polar surface area (TPSA) is 84.4 Å². The monoisotopic (exact) mass is 340 g/mol. The minimum absolute atomic E-state index is 0.193. The molecule has 130 valence electrons. The van der Waals surface area contributed by atoms with Crippen LogP contribution in [0.3, 0.4) is 0 Å². The molecule has 0 spiro atoms. The molecule has 25 heavy (non-hydrogen) atoms. The first-order valence-corrected chi connectivity index (χ1v) is 8.30. The Morgan fingerprint density at radius 2 is 2.12 bits per heavy atom. The fraction of sp³-hybridized carbons (Fsp3) is 0.389. The second kappa shape index (κ2) is 5.70. The molecular weight excluding hydrogens is 320 g/mol. The highest BCUT2D eigenvalue weighted by Crippen LogP contribution is 2.28. The number of aliphatic hydroxyl groups is 1. The molecule has 0 radical (unpaired) electrons. The maximum atomic E-state index is 12.8. The normalized spacial score (nSPS) is 20.5. The maximum absolute atomic E-state index is 12.8. The van der Waals surface area contributed by atoms with Crippen LogP contribution in [0, 0.1) is 13.8 Å². The van der Waals surface area contributed by atoms with Gasteiger partial charge in [0.25, 0.3) is 5.91 Å². The van der Waals surface area contributed by atoms with Crippen LogP contribution in [0.1, 0.15) is 28.1 Å². The number of amides is 1. The Balaban J connectivity index is 1.53. The first-order chi connectivity index (χ1) is 11.9. The smallest absolute Gasteiger partial charge is 0.289 e. The molecule has 0 aliphatic carbocycles. The average molecular weight is 340 g/mol. The second-order valence-corrected chi connectivity index (χ2v) is 6.89. The van der Waals surface area contributed by atoms with Gasteiger partial charge in [0.15, 0.2) is 5.76 Å². The molecule has 1 atom stereocenters. The minimum atomic E-state index is -0.997. The summed E-state index contributed by atoms with van der Waals surface area (Å²) in [6.45, 7) is 5.10. The lowest BCUT2D eigenvalue weighted by molar-refractivity contribution is 0.0261. The first-order valence-electron chi connectivity index (χ1n) is 8.30. The van der Waals surface area contributed by atoms with Crippen LogP contribution in [0.4, 0.5) is 0 Å². The summed E-state index contributed by atoms with van der Waals surface area (Å²) < 4.78 is 7.34. The largest absolute Gasteiger partial charge is 0.451 e. The number of aryl methyl sites for hydroxylation is 2. The Morgan fingerprint density at radius 3 is 2.88 bits per heavy atom.